The number of rotatable bonds is 7. The summed E-state index contributed by atoms with van der Waals surface area (Å²) >= 11 is 13.3. The molecule has 0 aliphatic rings. The van der Waals surface area contributed by atoms with Crippen LogP contribution in [-0.2, 0) is 9.53 Å². The molecular formula is C27H18Cl2N2O4S. The smallest absolute Gasteiger partial charge is 0.341 e. The van der Waals surface area contributed by atoms with Crippen molar-refractivity contribution in [1.82, 2.24) is 0 Å². The van der Waals surface area contributed by atoms with Crippen molar-refractivity contribution in [3.8, 4) is 28.5 Å². The number of amides is 1. The highest BCUT2D eigenvalue weighted by Crippen LogP contribution is 2.36. The van der Waals surface area contributed by atoms with Crippen molar-refractivity contribution in [2.45, 2.75) is 6.92 Å². The summed E-state index contributed by atoms with van der Waals surface area (Å²) in [6.07, 6.45) is 1.32. The second-order valence-electron chi connectivity index (χ2n) is 7.42. The average Bonchev–Trinajstić information content (AvgIpc) is 3.50. The molecule has 0 saturated heterocycles. The largest absolute Gasteiger partial charge is 0.462 e. The molecule has 0 atom stereocenters. The highest BCUT2D eigenvalue weighted by Gasteiger charge is 2.24. The first-order chi connectivity index (χ1) is 17.4. The first kappa shape index (κ1) is 25.3. The number of hydrogen-bond acceptors (Lipinski definition) is 6. The first-order valence-corrected chi connectivity index (χ1v) is 12.4. The van der Waals surface area contributed by atoms with Gasteiger partial charge in [0.15, 0.2) is 0 Å². The SMILES string of the molecule is CCOC(=O)c1c(-c2ccccc2)csc1NC(=O)C(C#N)=Cc1ccc(-c2cc(Cl)cc(Cl)c2)o1. The van der Waals surface area contributed by atoms with Crippen LogP contribution in [0.25, 0.3) is 28.5 Å². The molecule has 2 aromatic heterocycles. The van der Waals surface area contributed by atoms with Crippen LogP contribution in [0, 0.1) is 11.3 Å². The topological polar surface area (TPSA) is 92.3 Å². The summed E-state index contributed by atoms with van der Waals surface area (Å²) in [7, 11) is 0. The van der Waals surface area contributed by atoms with E-state index in [1.807, 2.05) is 36.4 Å². The third-order valence-corrected chi connectivity index (χ3v) is 6.34. The molecule has 4 rings (SSSR count). The Morgan fingerprint density at radius 1 is 1.08 bits per heavy atom. The standard InChI is InChI=1S/C27H18Cl2N2O4S/c1-2-34-27(33)24-22(16-6-4-3-5-7-16)15-36-26(24)31-25(32)18(14-30)12-21-8-9-23(35-21)17-10-19(28)13-20(29)11-17/h3-13,15H,2H2,1H3,(H,31,32). The van der Waals surface area contributed by atoms with Crippen LogP contribution in [0.1, 0.15) is 23.0 Å². The van der Waals surface area contributed by atoms with Crippen LogP contribution in [-0.4, -0.2) is 18.5 Å². The molecule has 4 aromatic rings. The second kappa shape index (κ2) is 11.3. The van der Waals surface area contributed by atoms with Crippen LogP contribution in [0.3, 0.4) is 0 Å². The van der Waals surface area contributed by atoms with E-state index in [2.05, 4.69) is 5.32 Å². The fourth-order valence-electron chi connectivity index (χ4n) is 3.43. The van der Waals surface area contributed by atoms with Gasteiger partial charge in [-0.3, -0.25) is 4.79 Å². The van der Waals surface area contributed by atoms with Crippen molar-refractivity contribution >= 4 is 57.5 Å². The fraction of sp³-hybridized carbons (Fsp3) is 0.0741. The van der Waals surface area contributed by atoms with E-state index >= 15 is 0 Å². The molecule has 36 heavy (non-hydrogen) atoms. The minimum atomic E-state index is -0.687. The minimum Gasteiger partial charge on any atom is -0.462 e. The zero-order chi connectivity index (χ0) is 25.7. The van der Waals surface area contributed by atoms with Gasteiger partial charge in [0, 0.05) is 32.6 Å². The van der Waals surface area contributed by atoms with E-state index in [1.54, 1.807) is 42.6 Å². The lowest BCUT2D eigenvalue weighted by Gasteiger charge is -2.08. The molecule has 0 bridgehead atoms. The molecule has 0 unspecified atom stereocenters. The van der Waals surface area contributed by atoms with Gasteiger partial charge < -0.3 is 14.5 Å². The lowest BCUT2D eigenvalue weighted by Crippen LogP contribution is -2.16. The van der Waals surface area contributed by atoms with Crippen LogP contribution in [0.5, 0.6) is 0 Å². The Morgan fingerprint density at radius 2 is 1.81 bits per heavy atom. The zero-order valence-corrected chi connectivity index (χ0v) is 21.2. The van der Waals surface area contributed by atoms with Gasteiger partial charge in [-0.05, 0) is 42.8 Å². The van der Waals surface area contributed by atoms with Crippen LogP contribution in [0.2, 0.25) is 10.0 Å². The average molecular weight is 537 g/mol. The molecular weight excluding hydrogens is 519 g/mol. The van der Waals surface area contributed by atoms with Gasteiger partial charge >= 0.3 is 5.97 Å². The molecule has 0 radical (unpaired) electrons. The quantitative estimate of drug-likeness (QED) is 0.148. The Balaban J connectivity index is 1.62. The summed E-state index contributed by atoms with van der Waals surface area (Å²) in [5.41, 5.74) is 2.12. The van der Waals surface area contributed by atoms with Gasteiger partial charge in [0.05, 0.1) is 6.61 Å². The first-order valence-electron chi connectivity index (χ1n) is 10.7. The monoisotopic (exact) mass is 536 g/mol. The summed E-state index contributed by atoms with van der Waals surface area (Å²) in [4.78, 5) is 25.7. The van der Waals surface area contributed by atoms with E-state index in [-0.39, 0.29) is 28.5 Å². The van der Waals surface area contributed by atoms with E-state index in [9.17, 15) is 14.9 Å². The number of ether oxygens (including phenoxy) is 1. The normalized spacial score (nSPS) is 11.1. The molecule has 2 heterocycles. The minimum absolute atomic E-state index is 0.179. The number of thiophene rings is 1. The van der Waals surface area contributed by atoms with Crippen LogP contribution in [0.4, 0.5) is 5.00 Å². The molecule has 9 heteroatoms. The van der Waals surface area contributed by atoms with E-state index in [0.717, 1.165) is 5.56 Å². The number of carbonyl (C=O) groups excluding carboxylic acids is 2. The van der Waals surface area contributed by atoms with Crippen LogP contribution < -0.4 is 5.32 Å². The summed E-state index contributed by atoms with van der Waals surface area (Å²) in [6.45, 7) is 1.88. The number of anilines is 1. The maximum absolute atomic E-state index is 13.0. The lowest BCUT2D eigenvalue weighted by atomic mass is 10.0. The number of hydrogen-bond donors (Lipinski definition) is 1. The maximum atomic E-state index is 13.0. The fourth-order valence-corrected chi connectivity index (χ4v) is 4.91. The third kappa shape index (κ3) is 5.69. The molecule has 2 aromatic carbocycles. The van der Waals surface area contributed by atoms with Gasteiger partial charge in [-0.2, -0.15) is 5.26 Å². The number of carbonyl (C=O) groups is 2. The Labute approximate surface area is 221 Å². The van der Waals surface area contributed by atoms with Gasteiger partial charge in [-0.1, -0.05) is 53.5 Å². The molecule has 6 nitrogen and oxygen atoms in total. The molecule has 0 spiro atoms. The number of nitrogens with one attached hydrogen (secondary N) is 1. The van der Waals surface area contributed by atoms with Gasteiger partial charge in [-0.15, -0.1) is 11.3 Å². The van der Waals surface area contributed by atoms with Gasteiger partial charge in [-0.25, -0.2) is 4.79 Å². The van der Waals surface area contributed by atoms with Crippen LogP contribution >= 0.6 is 34.5 Å². The van der Waals surface area contributed by atoms with Crippen molar-refractivity contribution in [2.24, 2.45) is 0 Å². The van der Waals surface area contributed by atoms with Crippen molar-refractivity contribution in [2.75, 3.05) is 11.9 Å². The molecule has 180 valence electrons. The molecule has 0 aliphatic heterocycles. The zero-order valence-electron chi connectivity index (χ0n) is 18.9. The number of esters is 1. The van der Waals surface area contributed by atoms with Gasteiger partial charge in [0.25, 0.3) is 5.91 Å². The Hall–Kier alpha value is -3.83. The highest BCUT2D eigenvalue weighted by molar-refractivity contribution is 7.15. The Kier molecular flexibility index (Phi) is 7.91. The number of halogens is 2. The summed E-state index contributed by atoms with van der Waals surface area (Å²) in [6, 6.07) is 19.5. The van der Waals surface area contributed by atoms with Crippen molar-refractivity contribution in [3.05, 3.63) is 93.0 Å². The Morgan fingerprint density at radius 3 is 2.47 bits per heavy atom. The molecule has 1 amide bonds. The summed E-state index contributed by atoms with van der Waals surface area (Å²) < 4.78 is 11.0. The van der Waals surface area contributed by atoms with Crippen molar-refractivity contribution < 1.29 is 18.7 Å². The van der Waals surface area contributed by atoms with E-state index in [0.29, 0.717) is 26.9 Å². The number of nitrogens with zero attached hydrogens (tertiary/aromatic N) is 1. The van der Waals surface area contributed by atoms with E-state index in [1.165, 1.54) is 17.4 Å². The lowest BCUT2D eigenvalue weighted by molar-refractivity contribution is -0.112. The summed E-state index contributed by atoms with van der Waals surface area (Å²) in [5, 5.41) is 15.3. The van der Waals surface area contributed by atoms with Crippen molar-refractivity contribution in [1.29, 1.82) is 5.26 Å². The van der Waals surface area contributed by atoms with Gasteiger partial charge in [0.1, 0.15) is 33.7 Å². The highest BCUT2D eigenvalue weighted by atomic mass is 35.5. The number of nitriles is 1. The van der Waals surface area contributed by atoms with Crippen molar-refractivity contribution in [3.63, 3.8) is 0 Å². The summed E-state index contributed by atoms with van der Waals surface area (Å²) in [5.74, 6) is -0.493. The number of furan rings is 1. The van der Waals surface area contributed by atoms with Gasteiger partial charge in [0.2, 0.25) is 0 Å². The predicted molar refractivity (Wildman–Crippen MR) is 142 cm³/mol. The van der Waals surface area contributed by atoms with E-state index in [4.69, 9.17) is 32.4 Å². The molecule has 0 aliphatic carbocycles. The molecule has 0 saturated carbocycles. The second-order valence-corrected chi connectivity index (χ2v) is 9.18. The van der Waals surface area contributed by atoms with Crippen LogP contribution in [0.15, 0.2) is 76.0 Å². The third-order valence-electron chi connectivity index (χ3n) is 5.01. The van der Waals surface area contributed by atoms with E-state index < -0.39 is 11.9 Å². The maximum Gasteiger partial charge on any atom is 0.341 e. The molecule has 1 N–H and O–H groups in total. The Bertz CT molecular complexity index is 1480. The number of benzene rings is 2. The molecule has 0 fully saturated rings. The predicted octanol–water partition coefficient (Wildman–Crippen LogP) is 7.70.